The summed E-state index contributed by atoms with van der Waals surface area (Å²) in [6.45, 7) is 2.29. The molecule has 0 bridgehead atoms. The number of rotatable bonds is 1. The second-order valence-electron chi connectivity index (χ2n) is 8.03. The van der Waals surface area contributed by atoms with Crippen molar-refractivity contribution in [1.29, 1.82) is 0 Å². The minimum absolute atomic E-state index is 0.00152. The molecule has 5 rings (SSSR count). The fraction of sp³-hybridized carbons (Fsp3) is 0.154. The third-order valence-corrected chi connectivity index (χ3v) is 6.19. The second kappa shape index (κ2) is 6.28. The summed E-state index contributed by atoms with van der Waals surface area (Å²) in [5, 5.41) is 3.68. The van der Waals surface area contributed by atoms with Crippen molar-refractivity contribution in [2.75, 3.05) is 13.6 Å². The van der Waals surface area contributed by atoms with Crippen LogP contribution >= 0.6 is 0 Å². The Bertz CT molecular complexity index is 1290. The van der Waals surface area contributed by atoms with E-state index >= 15 is 0 Å². The third kappa shape index (κ3) is 2.44. The van der Waals surface area contributed by atoms with E-state index in [0.29, 0.717) is 17.7 Å². The first-order valence-corrected chi connectivity index (χ1v) is 9.81. The standard InChI is InChI=1S/C26H21NO2/c1-26(17-10-4-3-5-11-17)16-27(2)25(29)23-21-15-9-7-13-19(21)18-12-6-8-14-20(18)22(23)24(26)28/h3-15H,16H2,1-2H3. The summed E-state index contributed by atoms with van der Waals surface area (Å²) in [5.41, 5.74) is 1.17. The number of fused-ring (bicyclic) bond motifs is 6. The zero-order valence-electron chi connectivity index (χ0n) is 16.5. The summed E-state index contributed by atoms with van der Waals surface area (Å²) in [6, 6.07) is 25.6. The summed E-state index contributed by atoms with van der Waals surface area (Å²) in [7, 11) is 1.79. The predicted octanol–water partition coefficient (Wildman–Crippen LogP) is 5.22. The van der Waals surface area contributed by atoms with Crippen molar-refractivity contribution in [2.24, 2.45) is 0 Å². The fourth-order valence-corrected chi connectivity index (χ4v) is 4.71. The van der Waals surface area contributed by atoms with E-state index < -0.39 is 5.41 Å². The van der Waals surface area contributed by atoms with Gasteiger partial charge in [-0.3, -0.25) is 9.59 Å². The molecule has 0 saturated heterocycles. The number of hydrogen-bond donors (Lipinski definition) is 0. The molecule has 3 nitrogen and oxygen atoms in total. The normalized spacial score (nSPS) is 19.4. The van der Waals surface area contributed by atoms with Gasteiger partial charge < -0.3 is 4.90 Å². The Morgan fingerprint density at radius 1 is 0.690 bits per heavy atom. The molecular formula is C26H21NO2. The van der Waals surface area contributed by atoms with E-state index in [1.807, 2.05) is 85.8 Å². The molecule has 0 aromatic heterocycles. The van der Waals surface area contributed by atoms with Crippen molar-refractivity contribution >= 4 is 33.2 Å². The van der Waals surface area contributed by atoms with Crippen molar-refractivity contribution in [3.8, 4) is 0 Å². The molecule has 0 radical (unpaired) electrons. The van der Waals surface area contributed by atoms with Crippen LogP contribution in [0.4, 0.5) is 0 Å². The number of benzene rings is 4. The van der Waals surface area contributed by atoms with E-state index in [1.165, 1.54) is 0 Å². The van der Waals surface area contributed by atoms with Crippen LogP contribution in [-0.2, 0) is 5.41 Å². The monoisotopic (exact) mass is 379 g/mol. The van der Waals surface area contributed by atoms with Gasteiger partial charge in [0.1, 0.15) is 0 Å². The van der Waals surface area contributed by atoms with E-state index in [2.05, 4.69) is 0 Å². The molecule has 1 aliphatic heterocycles. The Labute approximate surface area is 169 Å². The van der Waals surface area contributed by atoms with Gasteiger partial charge in [0.2, 0.25) is 0 Å². The molecule has 1 atom stereocenters. The van der Waals surface area contributed by atoms with E-state index in [0.717, 1.165) is 27.1 Å². The summed E-state index contributed by atoms with van der Waals surface area (Å²) in [4.78, 5) is 29.4. The van der Waals surface area contributed by atoms with Crippen LogP contribution in [0.15, 0.2) is 78.9 Å². The zero-order valence-corrected chi connectivity index (χ0v) is 16.5. The molecule has 29 heavy (non-hydrogen) atoms. The highest BCUT2D eigenvalue weighted by molar-refractivity contribution is 6.28. The van der Waals surface area contributed by atoms with Crippen LogP contribution in [-0.4, -0.2) is 30.2 Å². The molecule has 1 unspecified atom stereocenters. The van der Waals surface area contributed by atoms with E-state index in [4.69, 9.17) is 0 Å². The minimum Gasteiger partial charge on any atom is -0.340 e. The molecule has 0 saturated carbocycles. The lowest BCUT2D eigenvalue weighted by atomic mass is 9.74. The SMILES string of the molecule is CN1CC(C)(c2ccccc2)C(=O)c2c(c3ccccc3c3ccccc23)C1=O. The number of nitrogens with zero attached hydrogens (tertiary/aromatic N) is 1. The first-order valence-electron chi connectivity index (χ1n) is 9.81. The highest BCUT2D eigenvalue weighted by Gasteiger charge is 2.44. The first-order chi connectivity index (χ1) is 14.0. The molecule has 142 valence electrons. The van der Waals surface area contributed by atoms with Gasteiger partial charge >= 0.3 is 0 Å². The molecule has 1 heterocycles. The number of ketones is 1. The largest absolute Gasteiger partial charge is 0.340 e. The minimum atomic E-state index is -0.817. The van der Waals surface area contributed by atoms with Crippen molar-refractivity contribution in [2.45, 2.75) is 12.3 Å². The van der Waals surface area contributed by atoms with Gasteiger partial charge in [-0.05, 0) is 34.0 Å². The maximum Gasteiger partial charge on any atom is 0.255 e. The zero-order chi connectivity index (χ0) is 20.2. The lowest BCUT2D eigenvalue weighted by Crippen LogP contribution is -2.42. The summed E-state index contributed by atoms with van der Waals surface area (Å²) in [5.74, 6) is -0.103. The summed E-state index contributed by atoms with van der Waals surface area (Å²) in [6.07, 6.45) is 0. The van der Waals surface area contributed by atoms with Crippen LogP contribution in [0.25, 0.3) is 21.5 Å². The van der Waals surface area contributed by atoms with E-state index in [-0.39, 0.29) is 11.7 Å². The van der Waals surface area contributed by atoms with Gasteiger partial charge in [-0.2, -0.15) is 0 Å². The van der Waals surface area contributed by atoms with Gasteiger partial charge in [0, 0.05) is 19.2 Å². The van der Waals surface area contributed by atoms with Crippen LogP contribution < -0.4 is 0 Å². The average Bonchev–Trinajstić information content (AvgIpc) is 2.84. The lowest BCUT2D eigenvalue weighted by molar-refractivity contribution is 0.0754. The van der Waals surface area contributed by atoms with Gasteiger partial charge in [0.25, 0.3) is 5.91 Å². The van der Waals surface area contributed by atoms with Crippen molar-refractivity contribution < 1.29 is 9.59 Å². The van der Waals surface area contributed by atoms with Gasteiger partial charge in [0.05, 0.1) is 11.0 Å². The molecule has 1 amide bonds. The Hall–Kier alpha value is -3.46. The van der Waals surface area contributed by atoms with E-state index in [1.54, 1.807) is 11.9 Å². The molecule has 0 spiro atoms. The van der Waals surface area contributed by atoms with Crippen LogP contribution in [0.2, 0.25) is 0 Å². The van der Waals surface area contributed by atoms with Crippen molar-refractivity contribution in [3.05, 3.63) is 95.6 Å². The van der Waals surface area contributed by atoms with Crippen LogP contribution in [0.1, 0.15) is 33.2 Å². The highest BCUT2D eigenvalue weighted by atomic mass is 16.2. The number of amides is 1. The highest BCUT2D eigenvalue weighted by Crippen LogP contribution is 2.40. The van der Waals surface area contributed by atoms with Gasteiger partial charge in [0.15, 0.2) is 5.78 Å². The topological polar surface area (TPSA) is 37.4 Å². The molecule has 4 aromatic rings. The first kappa shape index (κ1) is 17.6. The number of carbonyl (C=O) groups is 2. The molecule has 4 aromatic carbocycles. The van der Waals surface area contributed by atoms with Crippen molar-refractivity contribution in [1.82, 2.24) is 4.90 Å². The lowest BCUT2D eigenvalue weighted by Gasteiger charge is -2.30. The van der Waals surface area contributed by atoms with Crippen LogP contribution in [0.5, 0.6) is 0 Å². The molecule has 0 fully saturated rings. The maximum atomic E-state index is 14.1. The Morgan fingerprint density at radius 3 is 1.76 bits per heavy atom. The molecular weight excluding hydrogens is 358 g/mol. The third-order valence-electron chi connectivity index (χ3n) is 6.19. The number of hydrogen-bond acceptors (Lipinski definition) is 2. The number of carbonyl (C=O) groups excluding carboxylic acids is 2. The quantitative estimate of drug-likeness (QED) is 0.425. The van der Waals surface area contributed by atoms with Gasteiger partial charge in [-0.1, -0.05) is 78.9 Å². The summed E-state index contributed by atoms with van der Waals surface area (Å²) >= 11 is 0. The maximum absolute atomic E-state index is 14.1. The number of Topliss-reactive ketones (excluding diaryl/α,β-unsaturated/α-hetero) is 1. The van der Waals surface area contributed by atoms with Gasteiger partial charge in [-0.25, -0.2) is 0 Å². The van der Waals surface area contributed by atoms with Gasteiger partial charge in [-0.15, -0.1) is 0 Å². The molecule has 1 aliphatic rings. The summed E-state index contributed by atoms with van der Waals surface area (Å²) < 4.78 is 0. The Morgan fingerprint density at radius 2 is 1.17 bits per heavy atom. The van der Waals surface area contributed by atoms with Crippen LogP contribution in [0.3, 0.4) is 0 Å². The average molecular weight is 379 g/mol. The van der Waals surface area contributed by atoms with Crippen LogP contribution in [0, 0.1) is 0 Å². The smallest absolute Gasteiger partial charge is 0.255 e. The molecule has 3 heteroatoms. The fourth-order valence-electron chi connectivity index (χ4n) is 4.71. The van der Waals surface area contributed by atoms with Crippen molar-refractivity contribution in [3.63, 3.8) is 0 Å². The number of likely N-dealkylation sites (N-methyl/N-ethyl adjacent to an activating group) is 1. The molecule has 0 N–H and O–H groups in total. The Balaban J connectivity index is 1.95. The predicted molar refractivity (Wildman–Crippen MR) is 117 cm³/mol. The van der Waals surface area contributed by atoms with E-state index in [9.17, 15) is 9.59 Å². The molecule has 0 aliphatic carbocycles. The second-order valence-corrected chi connectivity index (χ2v) is 8.03. The Kier molecular flexibility index (Phi) is 3.82.